The van der Waals surface area contributed by atoms with Gasteiger partial charge in [0.25, 0.3) is 0 Å². The van der Waals surface area contributed by atoms with Crippen LogP contribution in [0, 0.1) is 6.92 Å². The minimum absolute atomic E-state index is 0.399. The van der Waals surface area contributed by atoms with E-state index >= 15 is 0 Å². The minimum Gasteiger partial charge on any atom is -0.306 e. The fourth-order valence-corrected chi connectivity index (χ4v) is 2.50. The van der Waals surface area contributed by atoms with Gasteiger partial charge in [0, 0.05) is 17.6 Å². The van der Waals surface area contributed by atoms with E-state index in [4.69, 9.17) is 11.6 Å². The fraction of sp³-hybridized carbons (Fsp3) is 0.294. The van der Waals surface area contributed by atoms with Gasteiger partial charge in [-0.15, -0.1) is 0 Å². The van der Waals surface area contributed by atoms with E-state index in [9.17, 15) is 0 Å². The molecule has 0 saturated carbocycles. The molecule has 2 aromatic carbocycles. The molecule has 0 spiro atoms. The first-order chi connectivity index (χ1) is 9.20. The Kier molecular flexibility index (Phi) is 5.00. The van der Waals surface area contributed by atoms with Crippen molar-refractivity contribution in [1.82, 2.24) is 5.32 Å². The smallest absolute Gasteiger partial charge is 0.0408 e. The summed E-state index contributed by atoms with van der Waals surface area (Å²) in [4.78, 5) is 0. The Hall–Kier alpha value is -1.31. The van der Waals surface area contributed by atoms with Crippen LogP contribution in [0.15, 0.2) is 48.5 Å². The lowest BCUT2D eigenvalue weighted by Crippen LogP contribution is -2.20. The monoisotopic (exact) mass is 273 g/mol. The molecule has 0 amide bonds. The quantitative estimate of drug-likeness (QED) is 0.818. The van der Waals surface area contributed by atoms with Crippen LogP contribution in [0.2, 0.25) is 5.02 Å². The Balaban J connectivity index is 2.04. The molecule has 2 heteroatoms. The van der Waals surface area contributed by atoms with Crippen LogP contribution in [0.1, 0.15) is 36.1 Å². The van der Waals surface area contributed by atoms with Gasteiger partial charge in [-0.3, -0.25) is 0 Å². The van der Waals surface area contributed by atoms with Crippen molar-refractivity contribution in [2.75, 3.05) is 0 Å². The van der Waals surface area contributed by atoms with Gasteiger partial charge in [0.05, 0.1) is 0 Å². The molecule has 19 heavy (non-hydrogen) atoms. The number of hydrogen-bond donors (Lipinski definition) is 1. The maximum Gasteiger partial charge on any atom is 0.0408 e. The average Bonchev–Trinajstić information content (AvgIpc) is 2.43. The maximum atomic E-state index is 5.98. The van der Waals surface area contributed by atoms with Gasteiger partial charge in [0.15, 0.2) is 0 Å². The molecule has 2 rings (SSSR count). The highest BCUT2D eigenvalue weighted by molar-refractivity contribution is 6.30. The summed E-state index contributed by atoms with van der Waals surface area (Å²) >= 11 is 5.98. The van der Waals surface area contributed by atoms with Crippen molar-refractivity contribution in [2.24, 2.45) is 0 Å². The zero-order chi connectivity index (χ0) is 13.7. The molecule has 0 aliphatic rings. The third-order valence-corrected chi connectivity index (χ3v) is 3.69. The molecule has 1 nitrogen and oxygen atoms in total. The van der Waals surface area contributed by atoms with Crippen molar-refractivity contribution in [3.8, 4) is 0 Å². The Bertz CT molecular complexity index is 522. The molecule has 0 aliphatic heterocycles. The highest BCUT2D eigenvalue weighted by atomic mass is 35.5. The number of nitrogens with one attached hydrogen (secondary N) is 1. The van der Waals surface area contributed by atoms with Crippen molar-refractivity contribution in [3.05, 3.63) is 70.2 Å². The predicted octanol–water partition coefficient (Wildman–Crippen LogP) is 4.89. The van der Waals surface area contributed by atoms with Gasteiger partial charge in [0.2, 0.25) is 0 Å². The molecule has 100 valence electrons. The molecule has 0 saturated heterocycles. The highest BCUT2D eigenvalue weighted by Crippen LogP contribution is 2.19. The van der Waals surface area contributed by atoms with Gasteiger partial charge in [-0.1, -0.05) is 54.9 Å². The van der Waals surface area contributed by atoms with E-state index in [1.54, 1.807) is 0 Å². The zero-order valence-corrected chi connectivity index (χ0v) is 12.2. The van der Waals surface area contributed by atoms with Crippen LogP contribution in [0.4, 0.5) is 0 Å². The molecular weight excluding hydrogens is 254 g/mol. The van der Waals surface area contributed by atoms with Crippen molar-refractivity contribution in [3.63, 3.8) is 0 Å². The minimum atomic E-state index is 0.399. The van der Waals surface area contributed by atoms with Crippen LogP contribution < -0.4 is 5.32 Å². The van der Waals surface area contributed by atoms with Gasteiger partial charge >= 0.3 is 0 Å². The van der Waals surface area contributed by atoms with E-state index in [-0.39, 0.29) is 0 Å². The lowest BCUT2D eigenvalue weighted by atomic mass is 10.0. The molecule has 0 bridgehead atoms. The summed E-state index contributed by atoms with van der Waals surface area (Å²) in [5.74, 6) is 0. The SMILES string of the molecule is CCC(NCc1ccc(Cl)cc1C)c1ccccc1. The number of hydrogen-bond acceptors (Lipinski definition) is 1. The Morgan fingerprint density at radius 3 is 2.47 bits per heavy atom. The van der Waals surface area contributed by atoms with Crippen molar-refractivity contribution in [1.29, 1.82) is 0 Å². The summed E-state index contributed by atoms with van der Waals surface area (Å²) in [5.41, 5.74) is 3.89. The molecule has 0 aromatic heterocycles. The lowest BCUT2D eigenvalue weighted by Gasteiger charge is -2.18. The Labute approximate surface area is 120 Å². The predicted molar refractivity (Wildman–Crippen MR) is 82.5 cm³/mol. The van der Waals surface area contributed by atoms with Crippen LogP contribution in [0.5, 0.6) is 0 Å². The van der Waals surface area contributed by atoms with E-state index < -0.39 is 0 Å². The lowest BCUT2D eigenvalue weighted by molar-refractivity contribution is 0.518. The van der Waals surface area contributed by atoms with E-state index in [1.807, 2.05) is 12.1 Å². The molecular formula is C17H20ClN. The second kappa shape index (κ2) is 6.74. The number of halogens is 1. The number of rotatable bonds is 5. The number of aryl methyl sites for hydroxylation is 1. The maximum absolute atomic E-state index is 5.98. The second-order valence-electron chi connectivity index (χ2n) is 4.82. The molecule has 0 radical (unpaired) electrons. The molecule has 1 N–H and O–H groups in total. The van der Waals surface area contributed by atoms with Gasteiger partial charge in [-0.2, -0.15) is 0 Å². The van der Waals surface area contributed by atoms with Crippen LogP contribution in [-0.4, -0.2) is 0 Å². The topological polar surface area (TPSA) is 12.0 Å². The second-order valence-corrected chi connectivity index (χ2v) is 5.26. The van der Waals surface area contributed by atoms with Gasteiger partial charge in [-0.05, 0) is 42.2 Å². The molecule has 0 heterocycles. The first-order valence-corrected chi connectivity index (χ1v) is 7.12. The summed E-state index contributed by atoms with van der Waals surface area (Å²) in [6.45, 7) is 5.18. The third kappa shape index (κ3) is 3.82. The van der Waals surface area contributed by atoms with Crippen molar-refractivity contribution in [2.45, 2.75) is 32.9 Å². The molecule has 0 aliphatic carbocycles. The Morgan fingerprint density at radius 1 is 1.11 bits per heavy atom. The van der Waals surface area contributed by atoms with Crippen molar-refractivity contribution >= 4 is 11.6 Å². The summed E-state index contributed by atoms with van der Waals surface area (Å²) in [5, 5.41) is 4.42. The first kappa shape index (κ1) is 14.1. The average molecular weight is 274 g/mol. The van der Waals surface area contributed by atoms with Crippen LogP contribution in [-0.2, 0) is 6.54 Å². The third-order valence-electron chi connectivity index (χ3n) is 3.45. The zero-order valence-electron chi connectivity index (χ0n) is 11.5. The number of benzene rings is 2. The van der Waals surface area contributed by atoms with Crippen LogP contribution >= 0.6 is 11.6 Å². The molecule has 1 atom stereocenters. The van der Waals surface area contributed by atoms with Crippen LogP contribution in [0.3, 0.4) is 0 Å². The normalized spacial score (nSPS) is 12.4. The standard InChI is InChI=1S/C17H20ClN/c1-3-17(14-7-5-4-6-8-14)19-12-15-9-10-16(18)11-13(15)2/h4-11,17,19H,3,12H2,1-2H3. The van der Waals surface area contributed by atoms with E-state index in [0.717, 1.165) is 18.0 Å². The van der Waals surface area contributed by atoms with Gasteiger partial charge in [0.1, 0.15) is 0 Å². The molecule has 2 aromatic rings. The van der Waals surface area contributed by atoms with Gasteiger partial charge < -0.3 is 5.32 Å². The fourth-order valence-electron chi connectivity index (χ4n) is 2.27. The summed E-state index contributed by atoms with van der Waals surface area (Å²) in [6, 6.07) is 17.1. The molecule has 0 fully saturated rings. The van der Waals surface area contributed by atoms with Crippen LogP contribution in [0.25, 0.3) is 0 Å². The van der Waals surface area contributed by atoms with E-state index in [1.165, 1.54) is 16.7 Å². The highest BCUT2D eigenvalue weighted by Gasteiger charge is 2.08. The molecule has 1 unspecified atom stereocenters. The summed E-state index contributed by atoms with van der Waals surface area (Å²) in [6.07, 6.45) is 1.08. The Morgan fingerprint density at radius 2 is 1.84 bits per heavy atom. The van der Waals surface area contributed by atoms with Crippen molar-refractivity contribution < 1.29 is 0 Å². The summed E-state index contributed by atoms with van der Waals surface area (Å²) < 4.78 is 0. The van der Waals surface area contributed by atoms with E-state index in [0.29, 0.717) is 6.04 Å². The van der Waals surface area contributed by atoms with E-state index in [2.05, 4.69) is 55.6 Å². The van der Waals surface area contributed by atoms with Gasteiger partial charge in [-0.25, -0.2) is 0 Å². The first-order valence-electron chi connectivity index (χ1n) is 6.74. The summed E-state index contributed by atoms with van der Waals surface area (Å²) in [7, 11) is 0. The largest absolute Gasteiger partial charge is 0.306 e.